The van der Waals surface area contributed by atoms with Gasteiger partial charge in [0, 0.05) is 20.2 Å². The van der Waals surface area contributed by atoms with E-state index in [4.69, 9.17) is 10.5 Å². The summed E-state index contributed by atoms with van der Waals surface area (Å²) in [6, 6.07) is 0. The molecule has 0 aromatic rings. The minimum atomic E-state index is 0.0784. The predicted octanol–water partition coefficient (Wildman–Crippen LogP) is -0.580. The van der Waals surface area contributed by atoms with Crippen LogP contribution in [0.1, 0.15) is 12.8 Å². The molecule has 0 saturated carbocycles. The number of hydrogen-bond donors (Lipinski definition) is 2. The molecule has 94 valence electrons. The monoisotopic (exact) mass is 229 g/mol. The second kappa shape index (κ2) is 7.60. The summed E-state index contributed by atoms with van der Waals surface area (Å²) in [4.78, 5) is 13.7. The first-order valence-electron chi connectivity index (χ1n) is 5.94. The van der Waals surface area contributed by atoms with Crippen LogP contribution >= 0.6 is 0 Å². The molecule has 5 heteroatoms. The van der Waals surface area contributed by atoms with E-state index in [9.17, 15) is 4.79 Å². The summed E-state index contributed by atoms with van der Waals surface area (Å²) in [6.07, 6.45) is 2.34. The maximum absolute atomic E-state index is 11.5. The van der Waals surface area contributed by atoms with E-state index < -0.39 is 0 Å². The first kappa shape index (κ1) is 13.4. The largest absolute Gasteiger partial charge is 0.383 e. The van der Waals surface area contributed by atoms with Crippen molar-refractivity contribution in [2.24, 2.45) is 11.7 Å². The lowest BCUT2D eigenvalue weighted by Crippen LogP contribution is -2.44. The molecule has 1 atom stereocenters. The lowest BCUT2D eigenvalue weighted by atomic mass is 9.98. The number of nitrogens with two attached hydrogens (primary N) is 1. The molecule has 1 heterocycles. The van der Waals surface area contributed by atoms with Crippen LogP contribution in [0.4, 0.5) is 0 Å². The fourth-order valence-electron chi connectivity index (χ4n) is 2.04. The van der Waals surface area contributed by atoms with Crippen LogP contribution in [-0.2, 0) is 9.53 Å². The van der Waals surface area contributed by atoms with E-state index in [0.717, 1.165) is 26.1 Å². The van der Waals surface area contributed by atoms with Gasteiger partial charge in [-0.1, -0.05) is 0 Å². The molecule has 0 aliphatic carbocycles. The molecule has 1 aliphatic heterocycles. The molecule has 0 spiro atoms. The Hall–Kier alpha value is -0.650. The molecular weight excluding hydrogens is 206 g/mol. The molecule has 16 heavy (non-hydrogen) atoms. The van der Waals surface area contributed by atoms with Gasteiger partial charge in [0.1, 0.15) is 0 Å². The number of carbonyl (C=O) groups is 1. The number of methoxy groups -OCH3 is 1. The molecule has 1 amide bonds. The zero-order valence-corrected chi connectivity index (χ0v) is 10.1. The number of carbonyl (C=O) groups excluding carboxylic acids is 1. The Morgan fingerprint density at radius 3 is 3.12 bits per heavy atom. The Kier molecular flexibility index (Phi) is 6.37. The van der Waals surface area contributed by atoms with Crippen molar-refractivity contribution in [3.8, 4) is 0 Å². The third-order valence-corrected chi connectivity index (χ3v) is 2.93. The summed E-state index contributed by atoms with van der Waals surface area (Å²) < 4.78 is 4.87. The Morgan fingerprint density at radius 2 is 2.44 bits per heavy atom. The fourth-order valence-corrected chi connectivity index (χ4v) is 2.04. The molecule has 0 aromatic heterocycles. The molecule has 0 radical (unpaired) electrons. The molecule has 0 bridgehead atoms. The van der Waals surface area contributed by atoms with Gasteiger partial charge in [-0.25, -0.2) is 0 Å². The van der Waals surface area contributed by atoms with Crippen molar-refractivity contribution >= 4 is 5.91 Å². The van der Waals surface area contributed by atoms with Crippen LogP contribution in [0, 0.1) is 5.92 Å². The van der Waals surface area contributed by atoms with Gasteiger partial charge in [0.05, 0.1) is 13.2 Å². The van der Waals surface area contributed by atoms with Gasteiger partial charge in [0.25, 0.3) is 0 Å². The SMILES string of the molecule is COCCNC(=O)CN1CCC[C@@H](CN)C1. The van der Waals surface area contributed by atoms with Crippen molar-refractivity contribution in [1.82, 2.24) is 10.2 Å². The second-order valence-corrected chi connectivity index (χ2v) is 4.32. The Labute approximate surface area is 97.3 Å². The lowest BCUT2D eigenvalue weighted by Gasteiger charge is -2.31. The summed E-state index contributed by atoms with van der Waals surface area (Å²) in [6.45, 7) is 4.32. The maximum atomic E-state index is 11.5. The van der Waals surface area contributed by atoms with Gasteiger partial charge in [-0.2, -0.15) is 0 Å². The average Bonchev–Trinajstić information content (AvgIpc) is 2.29. The van der Waals surface area contributed by atoms with Gasteiger partial charge in [-0.15, -0.1) is 0 Å². The highest BCUT2D eigenvalue weighted by Crippen LogP contribution is 2.14. The number of ether oxygens (including phenoxy) is 1. The van der Waals surface area contributed by atoms with Gasteiger partial charge in [-0.3, -0.25) is 9.69 Å². The molecule has 0 unspecified atom stereocenters. The quantitative estimate of drug-likeness (QED) is 0.598. The zero-order valence-electron chi connectivity index (χ0n) is 10.1. The first-order chi connectivity index (χ1) is 7.76. The van der Waals surface area contributed by atoms with Crippen molar-refractivity contribution in [2.75, 3.05) is 46.4 Å². The van der Waals surface area contributed by atoms with Crippen LogP contribution in [0.5, 0.6) is 0 Å². The minimum Gasteiger partial charge on any atom is -0.383 e. The van der Waals surface area contributed by atoms with Crippen molar-refractivity contribution in [3.05, 3.63) is 0 Å². The zero-order chi connectivity index (χ0) is 11.8. The van der Waals surface area contributed by atoms with Crippen molar-refractivity contribution in [2.45, 2.75) is 12.8 Å². The molecule has 1 saturated heterocycles. The van der Waals surface area contributed by atoms with Crippen molar-refractivity contribution in [3.63, 3.8) is 0 Å². The molecule has 1 aliphatic rings. The van der Waals surface area contributed by atoms with Crippen LogP contribution in [0.3, 0.4) is 0 Å². The Morgan fingerprint density at radius 1 is 1.62 bits per heavy atom. The van der Waals surface area contributed by atoms with Gasteiger partial charge >= 0.3 is 0 Å². The Balaban J connectivity index is 2.17. The molecule has 0 aromatic carbocycles. The lowest BCUT2D eigenvalue weighted by molar-refractivity contribution is -0.122. The summed E-state index contributed by atoms with van der Waals surface area (Å²) in [7, 11) is 1.63. The third kappa shape index (κ3) is 4.92. The minimum absolute atomic E-state index is 0.0784. The van der Waals surface area contributed by atoms with E-state index in [2.05, 4.69) is 10.2 Å². The van der Waals surface area contributed by atoms with Crippen molar-refractivity contribution in [1.29, 1.82) is 0 Å². The Bertz CT molecular complexity index is 211. The summed E-state index contributed by atoms with van der Waals surface area (Å²) >= 11 is 0. The molecule has 3 N–H and O–H groups in total. The standard InChI is InChI=1S/C11H23N3O2/c1-16-6-4-13-11(15)9-14-5-2-3-10(7-12)8-14/h10H,2-9,12H2,1H3,(H,13,15)/t10-/m0/s1. The number of nitrogens with zero attached hydrogens (tertiary/aromatic N) is 1. The van der Waals surface area contributed by atoms with Crippen LogP contribution in [0.25, 0.3) is 0 Å². The summed E-state index contributed by atoms with van der Waals surface area (Å²) in [5, 5.41) is 2.83. The van der Waals surface area contributed by atoms with E-state index in [0.29, 0.717) is 25.6 Å². The van der Waals surface area contributed by atoms with Crippen LogP contribution in [0.2, 0.25) is 0 Å². The molecule has 5 nitrogen and oxygen atoms in total. The second-order valence-electron chi connectivity index (χ2n) is 4.32. The van der Waals surface area contributed by atoms with Crippen LogP contribution in [-0.4, -0.2) is 57.2 Å². The van der Waals surface area contributed by atoms with Gasteiger partial charge < -0.3 is 15.8 Å². The predicted molar refractivity (Wildman–Crippen MR) is 63.1 cm³/mol. The number of nitrogens with one attached hydrogen (secondary N) is 1. The number of amides is 1. The smallest absolute Gasteiger partial charge is 0.234 e. The van der Waals surface area contributed by atoms with Gasteiger partial charge in [-0.05, 0) is 31.8 Å². The number of hydrogen-bond acceptors (Lipinski definition) is 4. The molecule has 1 fully saturated rings. The summed E-state index contributed by atoms with van der Waals surface area (Å²) in [5.74, 6) is 0.634. The highest BCUT2D eigenvalue weighted by Gasteiger charge is 2.20. The highest BCUT2D eigenvalue weighted by atomic mass is 16.5. The van der Waals surface area contributed by atoms with E-state index in [1.165, 1.54) is 6.42 Å². The topological polar surface area (TPSA) is 67.6 Å². The number of rotatable bonds is 6. The number of likely N-dealkylation sites (tertiary alicyclic amines) is 1. The van der Waals surface area contributed by atoms with Crippen molar-refractivity contribution < 1.29 is 9.53 Å². The average molecular weight is 229 g/mol. The van der Waals surface area contributed by atoms with E-state index in [1.54, 1.807) is 7.11 Å². The normalized spacial score (nSPS) is 22.0. The van der Waals surface area contributed by atoms with E-state index >= 15 is 0 Å². The van der Waals surface area contributed by atoms with Gasteiger partial charge in [0.15, 0.2) is 0 Å². The molecular formula is C11H23N3O2. The van der Waals surface area contributed by atoms with E-state index in [-0.39, 0.29) is 5.91 Å². The summed E-state index contributed by atoms with van der Waals surface area (Å²) in [5.41, 5.74) is 5.65. The first-order valence-corrected chi connectivity index (χ1v) is 5.94. The highest BCUT2D eigenvalue weighted by molar-refractivity contribution is 5.77. The third-order valence-electron chi connectivity index (χ3n) is 2.93. The van der Waals surface area contributed by atoms with E-state index in [1.807, 2.05) is 0 Å². The van der Waals surface area contributed by atoms with Gasteiger partial charge in [0.2, 0.25) is 5.91 Å². The molecule has 1 rings (SSSR count). The van der Waals surface area contributed by atoms with Crippen LogP contribution < -0.4 is 11.1 Å². The maximum Gasteiger partial charge on any atom is 0.234 e. The van der Waals surface area contributed by atoms with Crippen LogP contribution in [0.15, 0.2) is 0 Å². The fraction of sp³-hybridized carbons (Fsp3) is 0.909. The number of piperidine rings is 1.